The number of carbonyl (C=O) groups is 2. The lowest BCUT2D eigenvalue weighted by molar-refractivity contribution is -0.136. The van der Waals surface area contributed by atoms with E-state index in [9.17, 15) is 30.3 Å². The minimum atomic E-state index is -0.818. The van der Waals surface area contributed by atoms with Gasteiger partial charge in [0.15, 0.2) is 5.82 Å². The Kier molecular flexibility index (Phi) is 13.1. The van der Waals surface area contributed by atoms with Gasteiger partial charge >= 0.3 is 6.01 Å². The van der Waals surface area contributed by atoms with Gasteiger partial charge in [-0.05, 0) is 112 Å². The highest BCUT2D eigenvalue weighted by atomic mass is 35.5. The fourth-order valence-electron chi connectivity index (χ4n) is 9.12. The lowest BCUT2D eigenvalue weighted by Gasteiger charge is -2.33. The molecule has 0 aliphatic carbocycles. The van der Waals surface area contributed by atoms with Crippen LogP contribution >= 0.6 is 22.9 Å². The number of aliphatic imine (C=N–C) groups is 1. The number of hydrogen-bond donors (Lipinski definition) is 6. The molecule has 340 valence electrons. The molecule has 6 N–H and O–H groups in total. The van der Waals surface area contributed by atoms with Crippen LogP contribution < -0.4 is 10.2 Å². The van der Waals surface area contributed by atoms with E-state index in [4.69, 9.17) is 22.0 Å². The summed E-state index contributed by atoms with van der Waals surface area (Å²) >= 11 is 7.75. The van der Waals surface area contributed by atoms with E-state index >= 15 is 0 Å². The van der Waals surface area contributed by atoms with Crippen LogP contribution in [0, 0.1) is 36.5 Å². The maximum Gasteiger partial charge on any atom is 0.319 e. The second-order valence-corrected chi connectivity index (χ2v) is 19.3. The number of fused-ring (bicyclic) bond motifs is 1. The number of carbonyl (C=O) groups excluding carboxylic acids is 2. The molecule has 2 saturated heterocycles. The predicted octanol–water partition coefficient (Wildman–Crippen LogP) is 7.77. The number of phenols is 2. The van der Waals surface area contributed by atoms with E-state index in [0.717, 1.165) is 64.5 Å². The quantitative estimate of drug-likeness (QED) is 0.0564. The molecule has 2 aromatic heterocycles. The number of aromatic hydroxyl groups is 3. The number of anilines is 1. The highest BCUT2D eigenvalue weighted by molar-refractivity contribution is 7.17. The zero-order valence-corrected chi connectivity index (χ0v) is 38.8. The average molecular weight is 920 g/mol. The molecule has 17 heteroatoms. The normalized spacial score (nSPS) is 18.2. The van der Waals surface area contributed by atoms with E-state index in [0.29, 0.717) is 53.7 Å². The Balaban J connectivity index is 0.836. The third kappa shape index (κ3) is 9.38. The van der Waals surface area contributed by atoms with Crippen molar-refractivity contribution in [3.63, 3.8) is 0 Å². The van der Waals surface area contributed by atoms with E-state index < -0.39 is 6.04 Å². The number of likely N-dealkylation sites (tertiary alicyclic amines) is 2. The summed E-state index contributed by atoms with van der Waals surface area (Å²) in [5.74, 6) is 0.306. The monoisotopic (exact) mass is 918 g/mol. The molecule has 3 aliphatic heterocycles. The number of thiophene rings is 1. The number of nitrogens with zero attached hydrogens (tertiary/aromatic N) is 7. The van der Waals surface area contributed by atoms with E-state index in [-0.39, 0.29) is 71.0 Å². The minimum Gasteiger partial charge on any atom is -0.508 e. The maximum atomic E-state index is 13.7. The van der Waals surface area contributed by atoms with Gasteiger partial charge in [0.1, 0.15) is 34.2 Å². The Morgan fingerprint density at radius 1 is 0.954 bits per heavy atom. The van der Waals surface area contributed by atoms with Crippen molar-refractivity contribution >= 4 is 57.1 Å². The van der Waals surface area contributed by atoms with Gasteiger partial charge in [-0.25, -0.2) is 4.57 Å². The molecule has 3 aliphatic rings. The maximum absolute atomic E-state index is 13.7. The van der Waals surface area contributed by atoms with Crippen molar-refractivity contribution in [2.75, 3.05) is 37.6 Å². The molecule has 65 heavy (non-hydrogen) atoms. The topological polar surface area (TPSA) is 207 Å². The number of amidine groups is 2. The van der Waals surface area contributed by atoms with Gasteiger partial charge < -0.3 is 25.5 Å². The lowest BCUT2D eigenvalue weighted by Crippen LogP contribution is -2.43. The molecule has 5 heterocycles. The molecule has 1 unspecified atom stereocenters. The molecule has 0 bridgehead atoms. The number of benzene rings is 3. The number of aromatic nitrogens is 3. The Morgan fingerprint density at radius 2 is 1.66 bits per heavy atom. The minimum absolute atomic E-state index is 0.00705. The van der Waals surface area contributed by atoms with Crippen molar-refractivity contribution in [2.24, 2.45) is 16.8 Å². The number of rotatable bonds is 11. The average Bonchev–Trinajstić information content (AvgIpc) is 3.97. The zero-order valence-electron chi connectivity index (χ0n) is 37.2. The Labute approximate surface area is 387 Å². The van der Waals surface area contributed by atoms with E-state index in [1.54, 1.807) is 30.0 Å². The van der Waals surface area contributed by atoms with Gasteiger partial charge in [-0.15, -0.1) is 16.4 Å². The second-order valence-electron chi connectivity index (χ2n) is 17.7. The Hall–Kier alpha value is -6.10. The molecule has 15 nitrogen and oxygen atoms in total. The summed E-state index contributed by atoms with van der Waals surface area (Å²) in [6, 6.07) is 16.9. The van der Waals surface area contributed by atoms with Crippen molar-refractivity contribution in [1.82, 2.24) is 29.9 Å². The number of halogens is 1. The van der Waals surface area contributed by atoms with Crippen molar-refractivity contribution in [2.45, 2.75) is 78.8 Å². The number of piperidine rings is 1. The lowest BCUT2D eigenvalue weighted by atomic mass is 9.95. The smallest absolute Gasteiger partial charge is 0.319 e. The van der Waals surface area contributed by atoms with Gasteiger partial charge in [-0.3, -0.25) is 35.2 Å². The van der Waals surface area contributed by atoms with Crippen molar-refractivity contribution in [1.29, 1.82) is 10.8 Å². The number of phenolic OH excluding ortho intramolecular Hbond substituents is 2. The van der Waals surface area contributed by atoms with Crippen LogP contribution in [0.2, 0.25) is 5.02 Å². The summed E-state index contributed by atoms with van der Waals surface area (Å²) in [6.45, 7) is 13.5. The summed E-state index contributed by atoms with van der Waals surface area (Å²) < 4.78 is 1.46. The first-order valence-corrected chi connectivity index (χ1v) is 23.2. The highest BCUT2D eigenvalue weighted by Gasteiger charge is 2.36. The SMILES string of the molecule is CC(=N)N1C(=N)[C@H](CC(=O)NCC2CCN(C(=O)C3CCN(Cc4ccc(-n5c(O)nnc5-c5cc(C(C)C)c(O)cc5O)cc4)CC3)C2)N=C(c2ccc(Cl)cc2)c2c1sc(C)c2C. The van der Waals surface area contributed by atoms with Crippen molar-refractivity contribution < 1.29 is 24.9 Å². The van der Waals surface area contributed by atoms with Gasteiger partial charge in [-0.1, -0.05) is 54.8 Å². The van der Waals surface area contributed by atoms with Gasteiger partial charge in [0.05, 0.1) is 23.4 Å². The summed E-state index contributed by atoms with van der Waals surface area (Å²) in [4.78, 5) is 39.3. The van der Waals surface area contributed by atoms with Gasteiger partial charge in [0, 0.05) is 59.2 Å². The van der Waals surface area contributed by atoms with Crippen LogP contribution in [0.5, 0.6) is 17.5 Å². The number of nitrogens with one attached hydrogen (secondary N) is 3. The first kappa shape index (κ1) is 45.5. The van der Waals surface area contributed by atoms with Crippen LogP contribution in [0.3, 0.4) is 0 Å². The van der Waals surface area contributed by atoms with E-state index in [1.165, 1.54) is 22.0 Å². The third-order valence-corrected chi connectivity index (χ3v) is 14.3. The van der Waals surface area contributed by atoms with Crippen LogP contribution in [0.1, 0.15) is 85.1 Å². The zero-order chi connectivity index (χ0) is 46.3. The Bertz CT molecular complexity index is 2670. The molecular weight excluding hydrogens is 864 g/mol. The fraction of sp³-hybridized carbons (Fsp3) is 0.396. The summed E-state index contributed by atoms with van der Waals surface area (Å²) in [5.41, 5.74) is 6.05. The largest absolute Gasteiger partial charge is 0.508 e. The van der Waals surface area contributed by atoms with Gasteiger partial charge in [0.25, 0.3) is 0 Å². The van der Waals surface area contributed by atoms with Crippen molar-refractivity contribution in [3.05, 3.63) is 98.4 Å². The van der Waals surface area contributed by atoms with Crippen LogP contribution in [0.15, 0.2) is 65.7 Å². The molecule has 2 fully saturated rings. The van der Waals surface area contributed by atoms with Gasteiger partial charge in [0.2, 0.25) is 11.8 Å². The van der Waals surface area contributed by atoms with Crippen LogP contribution in [0.4, 0.5) is 5.00 Å². The molecule has 2 amide bonds. The van der Waals surface area contributed by atoms with Crippen molar-refractivity contribution in [3.8, 4) is 34.6 Å². The number of aryl methyl sites for hydroxylation is 1. The highest BCUT2D eigenvalue weighted by Crippen LogP contribution is 2.41. The van der Waals surface area contributed by atoms with E-state index in [1.807, 2.05) is 69.0 Å². The molecule has 0 saturated carbocycles. The summed E-state index contributed by atoms with van der Waals surface area (Å²) in [5, 5.41) is 61.9. The molecule has 0 radical (unpaired) electrons. The predicted molar refractivity (Wildman–Crippen MR) is 254 cm³/mol. The molecule has 0 spiro atoms. The van der Waals surface area contributed by atoms with E-state index in [2.05, 4.69) is 20.4 Å². The third-order valence-electron chi connectivity index (χ3n) is 12.9. The second kappa shape index (κ2) is 18.8. The number of hydrogen-bond acceptors (Lipinski definition) is 12. The Morgan fingerprint density at radius 3 is 2.34 bits per heavy atom. The standard InChI is InChI=1S/C48H55ClN10O5S/c1-26(2)36-20-37(40(61)22-39(36)60)45-54-55-48(64)59(45)35-12-6-30(7-13-35)24-56-17-15-33(16-18-56)46(63)57-19-14-31(25-57)23-52-41(62)21-38-44(51)58(29(5)50)47-42(27(3)28(4)65-47)43(53-38)32-8-10-34(49)11-9-32/h6-13,20,22,26,31,33,38,50-51,60-61H,14-19,21,23-25H2,1-5H3,(H,52,62)(H,55,64)/t31?,38-/m0/s1. The first-order valence-electron chi connectivity index (χ1n) is 22.0. The molecular formula is C48H55ClN10O5S. The summed E-state index contributed by atoms with van der Waals surface area (Å²) in [7, 11) is 0. The van der Waals surface area contributed by atoms with Gasteiger partial charge in [-0.2, -0.15) is 0 Å². The fourth-order valence-corrected chi connectivity index (χ4v) is 10.5. The van der Waals surface area contributed by atoms with Crippen LogP contribution in [0.25, 0.3) is 17.1 Å². The molecule has 3 aromatic carbocycles. The molecule has 8 rings (SSSR count). The number of amides is 2. The van der Waals surface area contributed by atoms with Crippen LogP contribution in [-0.4, -0.2) is 108 Å². The molecule has 5 aromatic rings. The molecule has 2 atom stereocenters. The summed E-state index contributed by atoms with van der Waals surface area (Å²) in [6.07, 6.45) is 2.25. The first-order chi connectivity index (χ1) is 31.1. The van der Waals surface area contributed by atoms with Crippen LogP contribution in [-0.2, 0) is 16.1 Å².